The Morgan fingerprint density at radius 3 is 2.25 bits per heavy atom. The van der Waals surface area contributed by atoms with Crippen molar-refractivity contribution < 1.29 is 14.7 Å². The zero-order chi connectivity index (χ0) is 17.2. The minimum Gasteiger partial charge on any atom is -0.480 e. The lowest BCUT2D eigenvalue weighted by molar-refractivity contribution is -0.149. The summed E-state index contributed by atoms with van der Waals surface area (Å²) in [5.41, 5.74) is -0.266. The highest BCUT2D eigenvalue weighted by molar-refractivity contribution is 7.99. The van der Waals surface area contributed by atoms with Crippen LogP contribution in [0, 0.1) is 11.3 Å². The van der Waals surface area contributed by atoms with E-state index < -0.39 is 11.4 Å². The van der Waals surface area contributed by atoms with Gasteiger partial charge in [0.05, 0.1) is 0 Å². The van der Waals surface area contributed by atoms with E-state index in [9.17, 15) is 14.7 Å². The molecule has 1 fully saturated rings. The van der Waals surface area contributed by atoms with Crippen LogP contribution in [0.25, 0.3) is 0 Å². The van der Waals surface area contributed by atoms with Gasteiger partial charge in [0.2, 0.25) is 5.91 Å². The van der Waals surface area contributed by atoms with Gasteiger partial charge in [-0.15, -0.1) is 0 Å². The van der Waals surface area contributed by atoms with Crippen molar-refractivity contribution in [3.05, 3.63) is 60.2 Å². The Hall–Kier alpha value is -2.27. The van der Waals surface area contributed by atoms with Crippen molar-refractivity contribution in [2.24, 2.45) is 11.3 Å². The van der Waals surface area contributed by atoms with Crippen molar-refractivity contribution in [2.45, 2.75) is 29.7 Å². The van der Waals surface area contributed by atoms with E-state index in [0.717, 1.165) is 10.5 Å². The molecule has 2 aromatic carbocycles. The van der Waals surface area contributed by atoms with E-state index in [1.807, 2.05) is 42.5 Å². The number of carboxylic acid groups (broad SMARTS) is 1. The number of benzene rings is 2. The van der Waals surface area contributed by atoms with Gasteiger partial charge in [0.25, 0.3) is 0 Å². The van der Waals surface area contributed by atoms with Gasteiger partial charge in [0.15, 0.2) is 0 Å². The number of hydrogen-bond donors (Lipinski definition) is 2. The van der Waals surface area contributed by atoms with Gasteiger partial charge in [-0.25, -0.2) is 0 Å². The Labute approximate surface area is 145 Å². The van der Waals surface area contributed by atoms with Crippen LogP contribution >= 0.6 is 11.8 Å². The molecule has 0 spiro atoms. The van der Waals surface area contributed by atoms with Crippen LogP contribution in [0.1, 0.15) is 18.9 Å². The number of amides is 1. The van der Waals surface area contributed by atoms with E-state index in [2.05, 4.69) is 17.4 Å². The van der Waals surface area contributed by atoms with E-state index in [4.69, 9.17) is 0 Å². The molecule has 24 heavy (non-hydrogen) atoms. The lowest BCUT2D eigenvalue weighted by Gasteiger charge is -2.12. The Balaban J connectivity index is 1.57. The molecule has 2 aromatic rings. The van der Waals surface area contributed by atoms with Gasteiger partial charge in [0, 0.05) is 16.3 Å². The first kappa shape index (κ1) is 16.6. The van der Waals surface area contributed by atoms with Crippen molar-refractivity contribution in [3.63, 3.8) is 0 Å². The zero-order valence-corrected chi connectivity index (χ0v) is 14.2. The van der Waals surface area contributed by atoms with Gasteiger partial charge in [-0.05, 0) is 42.2 Å². The topological polar surface area (TPSA) is 66.4 Å². The molecule has 1 aliphatic carbocycles. The zero-order valence-electron chi connectivity index (χ0n) is 13.4. The molecule has 5 heteroatoms. The number of rotatable bonds is 6. The third-order valence-electron chi connectivity index (χ3n) is 4.45. The standard InChI is InChI=1S/C19H19NO3S/c1-13-11-19(13,18(22)23)17(21)20-12-14-7-9-16(10-8-14)24-15-5-3-2-4-6-15/h2-10,13H,11-12H2,1H3,(H,20,21)(H,22,23). The Kier molecular flexibility index (Phi) is 4.62. The van der Waals surface area contributed by atoms with Gasteiger partial charge in [-0.1, -0.05) is 49.0 Å². The number of carbonyl (C=O) groups is 2. The van der Waals surface area contributed by atoms with Crippen LogP contribution < -0.4 is 5.32 Å². The van der Waals surface area contributed by atoms with Crippen molar-refractivity contribution in [1.82, 2.24) is 5.32 Å². The molecular weight excluding hydrogens is 322 g/mol. The number of nitrogens with one attached hydrogen (secondary N) is 1. The SMILES string of the molecule is CC1CC1(C(=O)O)C(=O)NCc1ccc(Sc2ccccc2)cc1. The highest BCUT2D eigenvalue weighted by Crippen LogP contribution is 2.52. The van der Waals surface area contributed by atoms with E-state index in [-0.39, 0.29) is 11.8 Å². The first-order valence-corrected chi connectivity index (χ1v) is 8.67. The molecule has 0 saturated heterocycles. The van der Waals surface area contributed by atoms with Crippen LogP contribution in [-0.4, -0.2) is 17.0 Å². The summed E-state index contributed by atoms with van der Waals surface area (Å²) in [4.78, 5) is 25.8. The molecule has 2 atom stereocenters. The minimum atomic E-state index is -1.22. The second kappa shape index (κ2) is 6.69. The third kappa shape index (κ3) is 3.31. The van der Waals surface area contributed by atoms with Gasteiger partial charge in [-0.3, -0.25) is 9.59 Å². The second-order valence-electron chi connectivity index (χ2n) is 6.12. The Morgan fingerprint density at radius 2 is 1.71 bits per heavy atom. The molecule has 4 nitrogen and oxygen atoms in total. The summed E-state index contributed by atoms with van der Waals surface area (Å²) in [6.07, 6.45) is 0.417. The average molecular weight is 341 g/mol. The maximum atomic E-state index is 12.2. The van der Waals surface area contributed by atoms with Crippen molar-refractivity contribution >= 4 is 23.6 Å². The fourth-order valence-corrected chi connectivity index (χ4v) is 3.61. The summed E-state index contributed by atoms with van der Waals surface area (Å²) in [5.74, 6) is -1.51. The molecule has 0 aromatic heterocycles. The molecule has 3 rings (SSSR count). The lowest BCUT2D eigenvalue weighted by Crippen LogP contribution is -2.37. The van der Waals surface area contributed by atoms with Gasteiger partial charge in [-0.2, -0.15) is 0 Å². The molecule has 0 bridgehead atoms. The summed E-state index contributed by atoms with van der Waals surface area (Å²) in [7, 11) is 0. The minimum absolute atomic E-state index is 0.0975. The van der Waals surface area contributed by atoms with Crippen LogP contribution in [0.4, 0.5) is 0 Å². The summed E-state index contributed by atoms with van der Waals surface area (Å²) >= 11 is 1.67. The lowest BCUT2D eigenvalue weighted by atomic mass is 10.0. The molecule has 124 valence electrons. The van der Waals surface area contributed by atoms with E-state index in [1.54, 1.807) is 18.7 Å². The van der Waals surface area contributed by atoms with Crippen LogP contribution in [0.15, 0.2) is 64.4 Å². The number of carbonyl (C=O) groups excluding carboxylic acids is 1. The van der Waals surface area contributed by atoms with Crippen molar-refractivity contribution in [1.29, 1.82) is 0 Å². The number of carboxylic acids is 1. The predicted molar refractivity (Wildman–Crippen MR) is 92.7 cm³/mol. The van der Waals surface area contributed by atoms with Crippen molar-refractivity contribution in [3.8, 4) is 0 Å². The molecule has 0 aliphatic heterocycles. The van der Waals surface area contributed by atoms with Crippen LogP contribution in [0.5, 0.6) is 0 Å². The van der Waals surface area contributed by atoms with Gasteiger partial charge < -0.3 is 10.4 Å². The second-order valence-corrected chi connectivity index (χ2v) is 7.27. The first-order valence-electron chi connectivity index (χ1n) is 7.86. The smallest absolute Gasteiger partial charge is 0.319 e. The largest absolute Gasteiger partial charge is 0.480 e. The molecule has 1 amide bonds. The average Bonchev–Trinajstić information content (AvgIpc) is 3.28. The van der Waals surface area contributed by atoms with E-state index >= 15 is 0 Å². The molecule has 1 aliphatic rings. The quantitative estimate of drug-likeness (QED) is 0.789. The molecule has 0 radical (unpaired) electrons. The highest BCUT2D eigenvalue weighted by Gasteiger charge is 2.63. The highest BCUT2D eigenvalue weighted by atomic mass is 32.2. The molecular formula is C19H19NO3S. The fraction of sp³-hybridized carbons (Fsp3) is 0.263. The molecule has 0 heterocycles. The predicted octanol–water partition coefficient (Wildman–Crippen LogP) is 3.56. The summed E-state index contributed by atoms with van der Waals surface area (Å²) < 4.78 is 0. The normalized spacial score (nSPS) is 22.0. The summed E-state index contributed by atoms with van der Waals surface area (Å²) in [6, 6.07) is 18.0. The van der Waals surface area contributed by atoms with Gasteiger partial charge in [0.1, 0.15) is 5.41 Å². The molecule has 2 N–H and O–H groups in total. The first-order chi connectivity index (χ1) is 11.5. The molecule has 1 saturated carbocycles. The van der Waals surface area contributed by atoms with Crippen LogP contribution in [0.2, 0.25) is 0 Å². The summed E-state index contributed by atoms with van der Waals surface area (Å²) in [6.45, 7) is 2.14. The van der Waals surface area contributed by atoms with E-state index in [0.29, 0.717) is 13.0 Å². The monoisotopic (exact) mass is 341 g/mol. The Morgan fingerprint density at radius 1 is 1.12 bits per heavy atom. The number of hydrogen-bond acceptors (Lipinski definition) is 3. The van der Waals surface area contributed by atoms with Crippen LogP contribution in [-0.2, 0) is 16.1 Å². The third-order valence-corrected chi connectivity index (χ3v) is 5.47. The summed E-state index contributed by atoms with van der Waals surface area (Å²) in [5, 5.41) is 12.0. The number of aliphatic carboxylic acids is 1. The maximum absolute atomic E-state index is 12.2. The maximum Gasteiger partial charge on any atom is 0.319 e. The van der Waals surface area contributed by atoms with Crippen LogP contribution in [0.3, 0.4) is 0 Å². The fourth-order valence-electron chi connectivity index (χ4n) is 2.78. The Bertz CT molecular complexity index is 745. The van der Waals surface area contributed by atoms with Gasteiger partial charge >= 0.3 is 5.97 Å². The van der Waals surface area contributed by atoms with E-state index in [1.165, 1.54) is 4.90 Å². The van der Waals surface area contributed by atoms with Crippen molar-refractivity contribution in [2.75, 3.05) is 0 Å². The molecule has 2 unspecified atom stereocenters.